The molecule has 3 rings (SSSR count). The number of methoxy groups -OCH3 is 1. The van der Waals surface area contributed by atoms with Crippen molar-refractivity contribution < 1.29 is 28.6 Å². The van der Waals surface area contributed by atoms with Crippen LogP contribution in [0.1, 0.15) is 5.56 Å². The van der Waals surface area contributed by atoms with Gasteiger partial charge in [-0.25, -0.2) is 5.43 Å². The molecule has 0 bridgehead atoms. The lowest BCUT2D eigenvalue weighted by Gasteiger charge is -2.10. The number of para-hydroxylation sites is 1. The van der Waals surface area contributed by atoms with E-state index in [1.165, 1.54) is 6.21 Å². The third-order valence-electron chi connectivity index (χ3n) is 4.71. The minimum absolute atomic E-state index is 0.247. The van der Waals surface area contributed by atoms with Crippen molar-refractivity contribution in [1.82, 2.24) is 5.43 Å². The van der Waals surface area contributed by atoms with E-state index >= 15 is 0 Å². The Morgan fingerprint density at radius 1 is 0.838 bits per heavy atom. The maximum absolute atomic E-state index is 12.2. The lowest BCUT2D eigenvalue weighted by atomic mass is 10.2. The number of carbonyl (C=O) groups excluding carboxylic acids is 3. The van der Waals surface area contributed by atoms with Crippen LogP contribution in [0.5, 0.6) is 17.2 Å². The fourth-order valence-electron chi connectivity index (χ4n) is 2.92. The number of hydrogen-bond acceptors (Lipinski definition) is 7. The van der Waals surface area contributed by atoms with Gasteiger partial charge in [-0.1, -0.05) is 24.8 Å². The fourth-order valence-corrected chi connectivity index (χ4v) is 2.92. The minimum Gasteiger partial charge on any atom is -0.497 e. The second-order valence-corrected chi connectivity index (χ2v) is 7.38. The quantitative estimate of drug-likeness (QED) is 0.160. The highest BCUT2D eigenvalue weighted by molar-refractivity contribution is 6.39. The average Bonchev–Trinajstić information content (AvgIpc) is 2.92. The van der Waals surface area contributed by atoms with Gasteiger partial charge in [0.05, 0.1) is 13.3 Å². The number of hydrogen-bond donors (Lipinski definition) is 3. The number of hydrazone groups is 1. The van der Waals surface area contributed by atoms with Crippen molar-refractivity contribution >= 4 is 35.3 Å². The van der Waals surface area contributed by atoms with Crippen molar-refractivity contribution in [3.8, 4) is 17.2 Å². The highest BCUT2D eigenvalue weighted by Gasteiger charge is 2.13. The molecule has 0 aliphatic rings. The maximum Gasteiger partial charge on any atom is 0.329 e. The largest absolute Gasteiger partial charge is 0.497 e. The average molecular weight is 503 g/mol. The first-order valence-electron chi connectivity index (χ1n) is 11.1. The molecule has 0 unspecified atom stereocenters. The normalized spacial score (nSPS) is 10.3. The fraction of sp³-hybridized carbons (Fsp3) is 0.111. The minimum atomic E-state index is -0.958. The van der Waals surface area contributed by atoms with Crippen LogP contribution in [0, 0.1) is 0 Å². The predicted molar refractivity (Wildman–Crippen MR) is 140 cm³/mol. The van der Waals surface area contributed by atoms with Gasteiger partial charge in [0.25, 0.3) is 5.91 Å². The first-order valence-corrected chi connectivity index (χ1v) is 11.1. The molecule has 3 N–H and O–H groups in total. The van der Waals surface area contributed by atoms with Crippen molar-refractivity contribution in [1.29, 1.82) is 0 Å². The monoisotopic (exact) mass is 502 g/mol. The molecule has 0 saturated carbocycles. The highest BCUT2D eigenvalue weighted by atomic mass is 16.5. The Morgan fingerprint density at radius 3 is 2.16 bits per heavy atom. The van der Waals surface area contributed by atoms with Crippen LogP contribution >= 0.6 is 0 Å². The molecule has 0 aliphatic carbocycles. The van der Waals surface area contributed by atoms with E-state index < -0.39 is 11.8 Å². The van der Waals surface area contributed by atoms with Crippen LogP contribution in [-0.2, 0) is 14.4 Å². The van der Waals surface area contributed by atoms with Gasteiger partial charge in [-0.05, 0) is 60.7 Å². The van der Waals surface area contributed by atoms with Gasteiger partial charge < -0.3 is 24.8 Å². The molecule has 0 spiro atoms. The zero-order chi connectivity index (χ0) is 26.5. The summed E-state index contributed by atoms with van der Waals surface area (Å²) in [4.78, 5) is 36.5. The van der Waals surface area contributed by atoms with Crippen molar-refractivity contribution in [2.75, 3.05) is 31.0 Å². The summed E-state index contributed by atoms with van der Waals surface area (Å²) in [5.74, 6) is -0.560. The number of ether oxygens (including phenoxy) is 3. The van der Waals surface area contributed by atoms with Gasteiger partial charge in [0.1, 0.15) is 23.9 Å². The lowest BCUT2D eigenvalue weighted by Crippen LogP contribution is -2.32. The highest BCUT2D eigenvalue weighted by Crippen LogP contribution is 2.18. The summed E-state index contributed by atoms with van der Waals surface area (Å²) in [6.07, 6.45) is 2.93. The molecule has 10 heteroatoms. The van der Waals surface area contributed by atoms with E-state index in [0.29, 0.717) is 40.8 Å². The maximum atomic E-state index is 12.2. The summed E-state index contributed by atoms with van der Waals surface area (Å²) in [7, 11) is 1.56. The topological polar surface area (TPSA) is 127 Å². The number of anilines is 2. The van der Waals surface area contributed by atoms with Gasteiger partial charge in [0, 0.05) is 16.9 Å². The smallest absolute Gasteiger partial charge is 0.329 e. The third kappa shape index (κ3) is 8.55. The second kappa shape index (κ2) is 13.7. The Hall–Kier alpha value is -5.12. The van der Waals surface area contributed by atoms with Crippen molar-refractivity contribution in [3.63, 3.8) is 0 Å². The Labute approximate surface area is 213 Å². The lowest BCUT2D eigenvalue weighted by molar-refractivity contribution is -0.136. The molecule has 0 saturated heterocycles. The molecule has 0 radical (unpaired) electrons. The standard InChI is InChI=1S/C27H26N4O6/c1-3-16-36-23-14-10-21(11-15-23)30-26(33)27(34)31-28-17-19-6-4-5-7-24(19)37-18-25(32)29-20-8-12-22(35-2)13-9-20/h3-15,17H,1,16,18H2,2H3,(H,29,32)(H,30,33)(H,31,34)/b28-17-. The third-order valence-corrected chi connectivity index (χ3v) is 4.71. The number of rotatable bonds is 11. The van der Waals surface area contributed by atoms with E-state index in [1.54, 1.807) is 86.0 Å². The van der Waals surface area contributed by atoms with Gasteiger partial charge in [-0.15, -0.1) is 0 Å². The Balaban J connectivity index is 1.49. The molecule has 0 heterocycles. The Kier molecular flexibility index (Phi) is 9.80. The van der Waals surface area contributed by atoms with Crippen LogP contribution in [0.15, 0.2) is 90.6 Å². The first-order chi connectivity index (χ1) is 18.0. The Morgan fingerprint density at radius 2 is 1.49 bits per heavy atom. The van der Waals surface area contributed by atoms with Crippen LogP contribution in [-0.4, -0.2) is 44.3 Å². The molecule has 0 aliphatic heterocycles. The molecule has 3 amide bonds. The van der Waals surface area contributed by atoms with E-state index in [4.69, 9.17) is 14.2 Å². The zero-order valence-corrected chi connectivity index (χ0v) is 20.1. The Bertz CT molecular complexity index is 1260. The number of amides is 3. The van der Waals surface area contributed by atoms with E-state index in [-0.39, 0.29) is 12.5 Å². The molecular weight excluding hydrogens is 476 g/mol. The summed E-state index contributed by atoms with van der Waals surface area (Å²) in [5, 5.41) is 9.00. The van der Waals surface area contributed by atoms with Crippen LogP contribution in [0.3, 0.4) is 0 Å². The molecule has 190 valence electrons. The second-order valence-electron chi connectivity index (χ2n) is 7.38. The van der Waals surface area contributed by atoms with Crippen molar-refractivity contribution in [2.24, 2.45) is 5.10 Å². The van der Waals surface area contributed by atoms with E-state index in [1.807, 2.05) is 0 Å². The number of nitrogens with zero attached hydrogens (tertiary/aromatic N) is 1. The van der Waals surface area contributed by atoms with Gasteiger partial charge in [0.15, 0.2) is 6.61 Å². The molecule has 0 atom stereocenters. The van der Waals surface area contributed by atoms with Gasteiger partial charge in [-0.2, -0.15) is 5.10 Å². The molecule has 37 heavy (non-hydrogen) atoms. The SMILES string of the molecule is C=CCOc1ccc(NC(=O)C(=O)N/N=C\c2ccccc2OCC(=O)Nc2ccc(OC)cc2)cc1. The number of benzene rings is 3. The molecule has 3 aromatic carbocycles. The van der Waals surface area contributed by atoms with Gasteiger partial charge in [-0.3, -0.25) is 14.4 Å². The first kappa shape index (κ1) is 26.5. The number of carbonyl (C=O) groups is 3. The van der Waals surface area contributed by atoms with E-state index in [2.05, 4.69) is 27.7 Å². The summed E-state index contributed by atoms with van der Waals surface area (Å²) in [6, 6.07) is 20.2. The van der Waals surface area contributed by atoms with E-state index in [0.717, 1.165) is 0 Å². The number of nitrogens with one attached hydrogen (secondary N) is 3. The van der Waals surface area contributed by atoms with Crippen molar-refractivity contribution in [2.45, 2.75) is 0 Å². The van der Waals surface area contributed by atoms with Crippen LogP contribution in [0.2, 0.25) is 0 Å². The molecule has 3 aromatic rings. The zero-order valence-electron chi connectivity index (χ0n) is 20.1. The summed E-state index contributed by atoms with van der Waals surface area (Å²) >= 11 is 0. The molecular formula is C27H26N4O6. The van der Waals surface area contributed by atoms with Crippen LogP contribution in [0.25, 0.3) is 0 Å². The molecule has 0 fully saturated rings. The van der Waals surface area contributed by atoms with Gasteiger partial charge >= 0.3 is 11.8 Å². The molecule has 0 aromatic heterocycles. The summed E-state index contributed by atoms with van der Waals surface area (Å²) < 4.78 is 16.1. The van der Waals surface area contributed by atoms with Gasteiger partial charge in [0.2, 0.25) is 0 Å². The predicted octanol–water partition coefficient (Wildman–Crippen LogP) is 3.37. The van der Waals surface area contributed by atoms with E-state index in [9.17, 15) is 14.4 Å². The summed E-state index contributed by atoms with van der Waals surface area (Å²) in [5.41, 5.74) is 3.68. The van der Waals surface area contributed by atoms with Crippen molar-refractivity contribution in [3.05, 3.63) is 91.0 Å². The molecule has 10 nitrogen and oxygen atoms in total. The summed E-state index contributed by atoms with van der Waals surface area (Å²) in [6.45, 7) is 3.68. The van der Waals surface area contributed by atoms with Crippen LogP contribution in [0.4, 0.5) is 11.4 Å². The van der Waals surface area contributed by atoms with Crippen LogP contribution < -0.4 is 30.3 Å².